The number of aromatic nitrogens is 1. The van der Waals surface area contributed by atoms with Crippen LogP contribution in [0.3, 0.4) is 0 Å². The first-order valence-electron chi connectivity index (χ1n) is 8.98. The third-order valence-corrected chi connectivity index (χ3v) is 4.52. The van der Waals surface area contributed by atoms with E-state index < -0.39 is 0 Å². The lowest BCUT2D eigenvalue weighted by atomic mass is 9.85. The van der Waals surface area contributed by atoms with E-state index in [-0.39, 0.29) is 29.4 Å². The molecule has 0 aliphatic heterocycles. The highest BCUT2D eigenvalue weighted by Crippen LogP contribution is 2.21. The zero-order chi connectivity index (χ0) is 18.3. The molecule has 0 aliphatic carbocycles. The molecule has 2 rings (SSSR count). The van der Waals surface area contributed by atoms with Gasteiger partial charge < -0.3 is 15.2 Å². The molecule has 0 saturated heterocycles. The van der Waals surface area contributed by atoms with Gasteiger partial charge in [0.1, 0.15) is 5.76 Å². The normalized spacial score (nSPS) is 11.8. The maximum Gasteiger partial charge on any atom is 0.191 e. The molecular formula is C20H31IN4O. The Morgan fingerprint density at radius 3 is 2.38 bits per heavy atom. The first-order valence-corrected chi connectivity index (χ1v) is 8.98. The molecule has 2 aromatic rings. The Morgan fingerprint density at radius 1 is 1.12 bits per heavy atom. The van der Waals surface area contributed by atoms with Gasteiger partial charge in [0.15, 0.2) is 5.96 Å². The molecule has 0 bridgehead atoms. The Morgan fingerprint density at radius 2 is 1.81 bits per heavy atom. The summed E-state index contributed by atoms with van der Waals surface area (Å²) in [5, 5.41) is 11.0. The van der Waals surface area contributed by atoms with Gasteiger partial charge in [0.05, 0.1) is 5.69 Å². The van der Waals surface area contributed by atoms with Crippen molar-refractivity contribution in [3.63, 3.8) is 0 Å². The largest absolute Gasteiger partial charge is 0.361 e. The minimum Gasteiger partial charge on any atom is -0.361 e. The van der Waals surface area contributed by atoms with E-state index in [2.05, 4.69) is 72.7 Å². The van der Waals surface area contributed by atoms with Crippen LogP contribution in [-0.4, -0.2) is 24.7 Å². The highest BCUT2D eigenvalue weighted by molar-refractivity contribution is 14.0. The summed E-state index contributed by atoms with van der Waals surface area (Å²) in [5.41, 5.74) is 3.48. The summed E-state index contributed by atoms with van der Waals surface area (Å²) in [6.45, 7) is 10.1. The summed E-state index contributed by atoms with van der Waals surface area (Å²) in [6, 6.07) is 10.5. The van der Waals surface area contributed by atoms with Gasteiger partial charge in [0.2, 0.25) is 0 Å². The van der Waals surface area contributed by atoms with E-state index in [0.717, 1.165) is 42.4 Å². The van der Waals surface area contributed by atoms with Crippen LogP contribution in [0, 0.1) is 0 Å². The topological polar surface area (TPSA) is 62.5 Å². The van der Waals surface area contributed by atoms with E-state index in [9.17, 15) is 0 Å². The molecule has 6 heteroatoms. The van der Waals surface area contributed by atoms with Crippen LogP contribution in [0.25, 0.3) is 0 Å². The molecule has 0 radical (unpaired) electrons. The van der Waals surface area contributed by atoms with E-state index in [4.69, 9.17) is 4.52 Å². The van der Waals surface area contributed by atoms with Crippen molar-refractivity contribution in [2.24, 2.45) is 4.99 Å². The van der Waals surface area contributed by atoms with Crippen LogP contribution in [0.1, 0.15) is 50.3 Å². The molecule has 1 aromatic carbocycles. The molecule has 0 fully saturated rings. The molecule has 0 unspecified atom stereocenters. The second kappa shape index (κ2) is 10.5. The predicted molar refractivity (Wildman–Crippen MR) is 118 cm³/mol. The number of aryl methyl sites for hydroxylation is 2. The molecule has 1 heterocycles. The van der Waals surface area contributed by atoms with Gasteiger partial charge in [0, 0.05) is 37.5 Å². The van der Waals surface area contributed by atoms with Crippen LogP contribution in [0.15, 0.2) is 39.8 Å². The number of nitrogens with zero attached hydrogens (tertiary/aromatic N) is 2. The molecule has 0 amide bonds. The number of aliphatic imine (C=N–C) groups is 1. The second-order valence-electron chi connectivity index (χ2n) is 6.77. The SMILES string of the molecule is CCc1noc(CC)c1CNC(=NC)NCC(C)(C)c1ccccc1.I. The molecule has 5 nitrogen and oxygen atoms in total. The van der Waals surface area contributed by atoms with Gasteiger partial charge >= 0.3 is 0 Å². The van der Waals surface area contributed by atoms with Gasteiger partial charge in [-0.2, -0.15) is 0 Å². The Labute approximate surface area is 174 Å². The highest BCUT2D eigenvalue weighted by atomic mass is 127. The molecular weight excluding hydrogens is 439 g/mol. The van der Waals surface area contributed by atoms with Crippen molar-refractivity contribution in [2.45, 2.75) is 52.5 Å². The third-order valence-electron chi connectivity index (χ3n) is 4.52. The molecule has 1 aromatic heterocycles. The summed E-state index contributed by atoms with van der Waals surface area (Å²) in [6.07, 6.45) is 1.71. The summed E-state index contributed by atoms with van der Waals surface area (Å²) in [5.74, 6) is 1.73. The van der Waals surface area contributed by atoms with Crippen molar-refractivity contribution in [1.82, 2.24) is 15.8 Å². The first-order chi connectivity index (χ1) is 12.0. The average molecular weight is 470 g/mol. The molecule has 0 atom stereocenters. The molecule has 144 valence electrons. The number of nitrogens with one attached hydrogen (secondary N) is 2. The Balaban J connectivity index is 0.00000338. The van der Waals surface area contributed by atoms with Crippen LogP contribution in [0.5, 0.6) is 0 Å². The minimum atomic E-state index is 0. The van der Waals surface area contributed by atoms with Crippen LogP contribution >= 0.6 is 24.0 Å². The van der Waals surface area contributed by atoms with Gasteiger partial charge in [-0.25, -0.2) is 0 Å². The minimum absolute atomic E-state index is 0. The zero-order valence-corrected chi connectivity index (χ0v) is 18.8. The Hall–Kier alpha value is -1.57. The van der Waals surface area contributed by atoms with Crippen molar-refractivity contribution in [3.8, 4) is 0 Å². The van der Waals surface area contributed by atoms with Crippen LogP contribution in [0.2, 0.25) is 0 Å². The van der Waals surface area contributed by atoms with Crippen molar-refractivity contribution in [1.29, 1.82) is 0 Å². The van der Waals surface area contributed by atoms with Gasteiger partial charge in [-0.1, -0.05) is 63.2 Å². The Kier molecular flexibility index (Phi) is 9.12. The van der Waals surface area contributed by atoms with E-state index in [0.29, 0.717) is 6.54 Å². The average Bonchev–Trinajstić information content (AvgIpc) is 3.04. The summed E-state index contributed by atoms with van der Waals surface area (Å²) in [7, 11) is 1.79. The standard InChI is InChI=1S/C20H30N4O.HI/c1-6-17-16(18(7-2)25-24-17)13-22-19(21-5)23-14-20(3,4)15-11-9-8-10-12-15;/h8-12H,6-7,13-14H2,1-5H3,(H2,21,22,23);1H. The molecule has 0 saturated carbocycles. The lowest BCUT2D eigenvalue weighted by molar-refractivity contribution is 0.380. The summed E-state index contributed by atoms with van der Waals surface area (Å²) in [4.78, 5) is 4.34. The van der Waals surface area contributed by atoms with Gasteiger partial charge in [-0.05, 0) is 12.0 Å². The number of hydrogen-bond acceptors (Lipinski definition) is 3. The lowest BCUT2D eigenvalue weighted by Crippen LogP contribution is -2.43. The molecule has 0 aliphatic rings. The van der Waals surface area contributed by atoms with E-state index in [1.54, 1.807) is 7.05 Å². The quantitative estimate of drug-likeness (QED) is 0.364. The van der Waals surface area contributed by atoms with Crippen molar-refractivity contribution < 1.29 is 4.52 Å². The fourth-order valence-electron chi connectivity index (χ4n) is 2.83. The number of rotatable bonds is 7. The van der Waals surface area contributed by atoms with Crippen molar-refractivity contribution >= 4 is 29.9 Å². The number of halogens is 1. The van der Waals surface area contributed by atoms with E-state index >= 15 is 0 Å². The fourth-order valence-corrected chi connectivity index (χ4v) is 2.83. The van der Waals surface area contributed by atoms with Crippen molar-refractivity contribution in [2.75, 3.05) is 13.6 Å². The first kappa shape index (κ1) is 22.5. The summed E-state index contributed by atoms with van der Waals surface area (Å²) >= 11 is 0. The molecule has 26 heavy (non-hydrogen) atoms. The second-order valence-corrected chi connectivity index (χ2v) is 6.77. The van der Waals surface area contributed by atoms with Crippen LogP contribution in [0.4, 0.5) is 0 Å². The molecule has 2 N–H and O–H groups in total. The smallest absolute Gasteiger partial charge is 0.191 e. The monoisotopic (exact) mass is 470 g/mol. The van der Waals surface area contributed by atoms with Gasteiger partial charge in [-0.15, -0.1) is 24.0 Å². The van der Waals surface area contributed by atoms with E-state index in [1.807, 2.05) is 6.07 Å². The predicted octanol–water partition coefficient (Wildman–Crippen LogP) is 4.06. The van der Waals surface area contributed by atoms with Gasteiger partial charge in [-0.3, -0.25) is 4.99 Å². The number of hydrogen-bond donors (Lipinski definition) is 2. The lowest BCUT2D eigenvalue weighted by Gasteiger charge is -2.26. The van der Waals surface area contributed by atoms with Gasteiger partial charge in [0.25, 0.3) is 0 Å². The number of guanidine groups is 1. The third kappa shape index (κ3) is 5.72. The molecule has 0 spiro atoms. The maximum atomic E-state index is 5.42. The van der Waals surface area contributed by atoms with Crippen LogP contribution < -0.4 is 10.6 Å². The highest BCUT2D eigenvalue weighted by Gasteiger charge is 2.21. The summed E-state index contributed by atoms with van der Waals surface area (Å²) < 4.78 is 5.42. The number of benzene rings is 1. The van der Waals surface area contributed by atoms with Crippen LogP contribution in [-0.2, 0) is 24.8 Å². The zero-order valence-electron chi connectivity index (χ0n) is 16.4. The maximum absolute atomic E-state index is 5.42. The Bertz CT molecular complexity index is 674. The van der Waals surface area contributed by atoms with E-state index in [1.165, 1.54) is 5.56 Å². The fraction of sp³-hybridized carbons (Fsp3) is 0.500. The van der Waals surface area contributed by atoms with Crippen molar-refractivity contribution in [3.05, 3.63) is 52.9 Å².